The number of aliphatic hydroxyl groups is 2. The highest BCUT2D eigenvalue weighted by Crippen LogP contribution is 1.99. The second-order valence-corrected chi connectivity index (χ2v) is 3.17. The van der Waals surface area contributed by atoms with Gasteiger partial charge in [0.05, 0.1) is 26.3 Å². The lowest BCUT2D eigenvalue weighted by Crippen LogP contribution is -3.00. The van der Waals surface area contributed by atoms with Crippen molar-refractivity contribution in [2.45, 2.75) is 38.9 Å². The fourth-order valence-corrected chi connectivity index (χ4v) is 0.537. The Hall–Kier alpha value is -0.270. The van der Waals surface area contributed by atoms with E-state index in [-0.39, 0.29) is 30.8 Å². The van der Waals surface area contributed by atoms with Crippen LogP contribution in [0.15, 0.2) is 0 Å². The average molecular weight is 295 g/mol. The molecule has 0 saturated heterocycles. The summed E-state index contributed by atoms with van der Waals surface area (Å²) in [7, 11) is 4.00. The molecule has 0 rings (SSSR count). The number of halogens is 2. The summed E-state index contributed by atoms with van der Waals surface area (Å²) in [6.07, 6.45) is 0.513. The van der Waals surface area contributed by atoms with Crippen molar-refractivity contribution in [1.29, 1.82) is 0 Å². The lowest BCUT2D eigenvalue weighted by molar-refractivity contribution is -0.597. The number of quaternary nitrogens is 1. The van der Waals surface area contributed by atoms with E-state index in [0.717, 1.165) is 6.42 Å². The summed E-state index contributed by atoms with van der Waals surface area (Å²) in [5, 5.41) is 24.2. The van der Waals surface area contributed by atoms with E-state index < -0.39 is 12.2 Å². The Balaban J connectivity index is -0.0000000461. The fraction of sp³-hybridized carbons (Fsp3) is 0.889. The zero-order valence-electron chi connectivity index (χ0n) is 11.0. The summed E-state index contributed by atoms with van der Waals surface area (Å²) in [5.41, 5.74) is 9.17. The number of rotatable bonds is 3. The monoisotopic (exact) mass is 294 g/mol. The average Bonchev–Trinajstić information content (AvgIpc) is 2.04. The Morgan fingerprint density at radius 2 is 1.47 bits per heavy atom. The zero-order valence-corrected chi connectivity index (χ0v) is 12.5. The predicted molar refractivity (Wildman–Crippen MR) is 61.7 cm³/mol. The van der Waals surface area contributed by atoms with Crippen LogP contribution >= 0.6 is 0 Å². The molecule has 0 aromatic rings. The van der Waals surface area contributed by atoms with Crippen LogP contribution in [0.3, 0.4) is 0 Å². The number of aliphatic hydroxyl groups excluding tert-OH is 2. The molecule has 110 valence electrons. The Bertz CT molecular complexity index is 136. The molecule has 0 aromatic heterocycles. The smallest absolute Gasteiger partial charge is 0.336 e. The lowest BCUT2D eigenvalue weighted by atomic mass is 10.1. The van der Waals surface area contributed by atoms with E-state index in [9.17, 15) is 0 Å². The van der Waals surface area contributed by atoms with Crippen LogP contribution in [0.5, 0.6) is 0 Å². The summed E-state index contributed by atoms with van der Waals surface area (Å²) in [6, 6.07) is 0. The van der Waals surface area contributed by atoms with Gasteiger partial charge in [-0.2, -0.15) is 0 Å². The number of hydrogen-bond donors (Lipinski definition) is 6. The van der Waals surface area contributed by atoms with Gasteiger partial charge in [-0.05, 0) is 13.3 Å². The van der Waals surface area contributed by atoms with Gasteiger partial charge in [-0.15, -0.1) is 0 Å². The van der Waals surface area contributed by atoms with Gasteiger partial charge in [0.15, 0.2) is 0 Å². The maximum atomic E-state index is 8.88. The molecule has 0 saturated carbocycles. The molecule has 8 heteroatoms. The molecular weight excluding hydrogens is 267 g/mol. The van der Waals surface area contributed by atoms with Crippen LogP contribution in [0.25, 0.3) is 0 Å². The lowest BCUT2D eigenvalue weighted by Gasteiger charge is -2.10. The summed E-state index contributed by atoms with van der Waals surface area (Å²) >= 11 is 0. The topological polar surface area (TPSA) is 135 Å². The fourth-order valence-electron chi connectivity index (χ4n) is 0.537. The van der Waals surface area contributed by atoms with Crippen molar-refractivity contribution in [3.63, 3.8) is 0 Å². The molecule has 0 aliphatic rings. The summed E-state index contributed by atoms with van der Waals surface area (Å²) in [4.78, 5) is 0. The van der Waals surface area contributed by atoms with Crippen LogP contribution in [0.4, 0.5) is 0 Å². The highest BCUT2D eigenvalue weighted by molar-refractivity contribution is 5.68. The van der Waals surface area contributed by atoms with Gasteiger partial charge in [-0.3, -0.25) is 16.9 Å². The third-order valence-electron chi connectivity index (χ3n) is 1.14. The van der Waals surface area contributed by atoms with Gasteiger partial charge in [0.1, 0.15) is 0 Å². The summed E-state index contributed by atoms with van der Waals surface area (Å²) < 4.78 is 0. The van der Waals surface area contributed by atoms with Crippen molar-refractivity contribution in [3.8, 4) is 0 Å². The maximum absolute atomic E-state index is 8.88. The van der Waals surface area contributed by atoms with Crippen LogP contribution in [0, 0.1) is 0 Å². The molecule has 0 amide bonds. The van der Waals surface area contributed by atoms with E-state index in [4.69, 9.17) is 10.2 Å². The molecule has 0 fully saturated rings. The van der Waals surface area contributed by atoms with Gasteiger partial charge in [-0.1, -0.05) is 13.3 Å². The van der Waals surface area contributed by atoms with Crippen molar-refractivity contribution in [3.05, 3.63) is 0 Å². The standard InChI is InChI=1S/C6H14O2.C2H7N.CH5N3.2ClH/c1-3-4-6(8)5(2)7;1-3-2;2-1(3)4;;/h5-8H,3-4H2,1-2H3;3H,1-2H3;(H5,2,3,4);2*1H. The van der Waals surface area contributed by atoms with Crippen LogP contribution in [-0.2, 0) is 0 Å². The highest BCUT2D eigenvalue weighted by atomic mass is 35.5. The first kappa shape index (κ1) is 30.1. The minimum atomic E-state index is -0.574. The molecule has 17 heavy (non-hydrogen) atoms. The molecule has 0 aliphatic carbocycles. The van der Waals surface area contributed by atoms with E-state index in [1.165, 1.54) is 0 Å². The van der Waals surface area contributed by atoms with E-state index in [1.54, 1.807) is 6.92 Å². The zero-order chi connectivity index (χ0) is 12.9. The molecule has 0 bridgehead atoms. The first-order chi connectivity index (χ1) is 6.83. The summed E-state index contributed by atoms with van der Waals surface area (Å²) in [6.45, 7) is 3.58. The SMILES string of the molecule is CCCC(O)C(C)O.C[NH2+]C.NC(N)=[NH2+].[Cl-].[Cl-]. The predicted octanol–water partition coefficient (Wildman–Crippen LogP) is -9.64. The molecule has 0 heterocycles. The Morgan fingerprint density at radius 3 is 1.53 bits per heavy atom. The van der Waals surface area contributed by atoms with Gasteiger partial charge < -0.3 is 40.3 Å². The molecule has 2 unspecified atom stereocenters. The van der Waals surface area contributed by atoms with Crippen molar-refractivity contribution in [2.75, 3.05) is 14.1 Å². The van der Waals surface area contributed by atoms with Crippen LogP contribution in [0.2, 0.25) is 0 Å². The van der Waals surface area contributed by atoms with Gasteiger partial charge in [-0.25, -0.2) is 0 Å². The van der Waals surface area contributed by atoms with E-state index in [0.29, 0.717) is 6.42 Å². The molecular formula is C9H28Cl2N4O2. The number of hydrogen-bond acceptors (Lipinski definition) is 2. The second kappa shape index (κ2) is 24.8. The molecule has 10 N–H and O–H groups in total. The number of nitrogens with two attached hydrogens (primary N) is 4. The van der Waals surface area contributed by atoms with Crippen molar-refractivity contribution in [2.24, 2.45) is 11.5 Å². The Morgan fingerprint density at radius 1 is 1.24 bits per heavy atom. The Kier molecular flexibility index (Phi) is 43.9. The first-order valence-electron chi connectivity index (χ1n) is 5.06. The maximum Gasteiger partial charge on any atom is 0.336 e. The minimum absolute atomic E-state index is 0. The van der Waals surface area contributed by atoms with E-state index >= 15 is 0 Å². The second-order valence-electron chi connectivity index (χ2n) is 3.17. The van der Waals surface area contributed by atoms with Gasteiger partial charge in [0, 0.05) is 0 Å². The van der Waals surface area contributed by atoms with Crippen molar-refractivity contribution in [1.82, 2.24) is 0 Å². The summed E-state index contributed by atoms with van der Waals surface area (Å²) in [5.74, 6) is -0.0833. The Labute approximate surface area is 116 Å². The largest absolute Gasteiger partial charge is 1.00 e. The molecule has 0 aliphatic heterocycles. The van der Waals surface area contributed by atoms with Crippen molar-refractivity contribution >= 4 is 5.96 Å². The van der Waals surface area contributed by atoms with Gasteiger partial charge in [0.2, 0.25) is 0 Å². The van der Waals surface area contributed by atoms with E-state index in [1.807, 2.05) is 26.3 Å². The molecule has 0 radical (unpaired) electrons. The third-order valence-corrected chi connectivity index (χ3v) is 1.14. The van der Waals surface area contributed by atoms with Crippen LogP contribution in [-0.4, -0.2) is 42.5 Å². The first-order valence-corrected chi connectivity index (χ1v) is 5.06. The molecule has 2 atom stereocenters. The van der Waals surface area contributed by atoms with Crippen LogP contribution in [0.1, 0.15) is 26.7 Å². The van der Waals surface area contributed by atoms with E-state index in [2.05, 4.69) is 16.9 Å². The van der Waals surface area contributed by atoms with Crippen molar-refractivity contribution < 1.29 is 45.8 Å². The molecule has 0 aromatic carbocycles. The third kappa shape index (κ3) is 65.5. The number of guanidine groups is 1. The minimum Gasteiger partial charge on any atom is -1.00 e. The highest BCUT2D eigenvalue weighted by Gasteiger charge is 2.07. The molecule has 6 nitrogen and oxygen atoms in total. The normalized spacial score (nSPS) is 10.9. The molecule has 0 spiro atoms. The van der Waals surface area contributed by atoms with Crippen LogP contribution < -0.4 is 47.0 Å². The quantitative estimate of drug-likeness (QED) is 0.228. The van der Waals surface area contributed by atoms with Gasteiger partial charge >= 0.3 is 5.96 Å². The van der Waals surface area contributed by atoms with Gasteiger partial charge in [0.25, 0.3) is 0 Å².